The third kappa shape index (κ3) is 2.67. The molecule has 0 unspecified atom stereocenters. The topological polar surface area (TPSA) is 38.9 Å². The van der Waals surface area contributed by atoms with E-state index in [4.69, 9.17) is 5.73 Å². The number of hydrogen-bond donors (Lipinski definition) is 1. The molecule has 0 aromatic carbocycles. The average molecular weight is 234 g/mol. The lowest BCUT2D eigenvalue weighted by Gasteiger charge is -2.41. The lowest BCUT2D eigenvalue weighted by atomic mass is 9.92. The van der Waals surface area contributed by atoms with Gasteiger partial charge in [-0.1, -0.05) is 6.07 Å². The maximum atomic E-state index is 5.65. The van der Waals surface area contributed by atoms with Crippen LogP contribution in [0.1, 0.15) is 26.2 Å². The highest BCUT2D eigenvalue weighted by atomic mass is 15.4. The summed E-state index contributed by atoms with van der Waals surface area (Å²) in [7, 11) is 0. The van der Waals surface area contributed by atoms with Crippen LogP contribution in [0.4, 0.5) is 5.82 Å². The third-order valence-electron chi connectivity index (χ3n) is 4.25. The molecule has 1 aromatic rings. The zero-order valence-electron chi connectivity index (χ0n) is 10.8. The molecule has 0 atom stereocenters. The summed E-state index contributed by atoms with van der Waals surface area (Å²) >= 11 is 0. The van der Waals surface area contributed by atoms with Crippen molar-refractivity contribution < 1.29 is 0 Å². The fourth-order valence-corrected chi connectivity index (χ4v) is 2.98. The first-order valence-corrected chi connectivity index (χ1v) is 6.78. The molecule has 3 heteroatoms. The van der Waals surface area contributed by atoms with E-state index in [-0.39, 0.29) is 0 Å². The second kappa shape index (κ2) is 5.61. The molecular formula is C14H24N3+. The van der Waals surface area contributed by atoms with Crippen LogP contribution in [0.5, 0.6) is 0 Å². The van der Waals surface area contributed by atoms with Crippen LogP contribution in [0.2, 0.25) is 0 Å². The molecule has 0 radical (unpaired) electrons. The van der Waals surface area contributed by atoms with Gasteiger partial charge in [0.05, 0.1) is 19.6 Å². The first-order valence-electron chi connectivity index (χ1n) is 6.78. The van der Waals surface area contributed by atoms with Gasteiger partial charge in [-0.05, 0) is 31.9 Å². The molecule has 0 spiro atoms. The zero-order chi connectivity index (χ0) is 12.1. The summed E-state index contributed by atoms with van der Waals surface area (Å²) in [4.78, 5) is 4.56. The first kappa shape index (κ1) is 12.5. The van der Waals surface area contributed by atoms with E-state index >= 15 is 0 Å². The van der Waals surface area contributed by atoms with E-state index in [0.717, 1.165) is 23.5 Å². The molecular weight excluding hydrogens is 210 g/mol. The largest absolute Gasteiger partial charge is 0.330 e. The van der Waals surface area contributed by atoms with Gasteiger partial charge in [0.15, 0.2) is 0 Å². The number of hydrogen-bond acceptors (Lipinski definition) is 2. The summed E-state index contributed by atoms with van der Waals surface area (Å²) in [5.41, 5.74) is 5.65. The minimum absolute atomic E-state index is 0.834. The fourth-order valence-electron chi connectivity index (χ4n) is 2.98. The van der Waals surface area contributed by atoms with Crippen LogP contribution in [0, 0.1) is 5.92 Å². The van der Waals surface area contributed by atoms with E-state index in [1.54, 1.807) is 0 Å². The average Bonchev–Trinajstić information content (AvgIpc) is 2.41. The van der Waals surface area contributed by atoms with Gasteiger partial charge in [-0.15, -0.1) is 0 Å². The van der Waals surface area contributed by atoms with Crippen LogP contribution >= 0.6 is 0 Å². The number of piperidine rings is 1. The maximum Gasteiger partial charge on any atom is 0.227 e. The summed E-state index contributed by atoms with van der Waals surface area (Å²) in [6, 6.07) is 6.27. The van der Waals surface area contributed by atoms with Crippen LogP contribution in [0.25, 0.3) is 0 Å². The predicted molar refractivity (Wildman–Crippen MR) is 72.7 cm³/mol. The summed E-state index contributed by atoms with van der Waals surface area (Å²) in [5, 5.41) is 0. The molecule has 3 nitrogen and oxygen atoms in total. The molecule has 1 aliphatic rings. The van der Waals surface area contributed by atoms with Crippen molar-refractivity contribution in [2.45, 2.75) is 26.2 Å². The highest BCUT2D eigenvalue weighted by molar-refractivity contribution is 5.34. The molecule has 94 valence electrons. The predicted octanol–water partition coefficient (Wildman–Crippen LogP) is 2.17. The number of pyridine rings is 1. The Bertz CT molecular complexity index is 329. The molecule has 1 fully saturated rings. The van der Waals surface area contributed by atoms with Gasteiger partial charge >= 0.3 is 0 Å². The molecule has 1 aromatic heterocycles. The smallest absolute Gasteiger partial charge is 0.227 e. The maximum absolute atomic E-state index is 5.65. The number of aromatic nitrogens is 1. The lowest BCUT2D eigenvalue weighted by Crippen LogP contribution is -2.54. The normalized spacial score (nSPS) is 29.2. The van der Waals surface area contributed by atoms with Crippen molar-refractivity contribution in [1.29, 1.82) is 0 Å². The van der Waals surface area contributed by atoms with Crippen LogP contribution in [-0.2, 0) is 0 Å². The van der Waals surface area contributed by atoms with Gasteiger partial charge < -0.3 is 5.73 Å². The van der Waals surface area contributed by atoms with Crippen LogP contribution in [-0.4, -0.2) is 31.2 Å². The van der Waals surface area contributed by atoms with Crippen molar-refractivity contribution in [3.05, 3.63) is 24.4 Å². The van der Waals surface area contributed by atoms with Crippen molar-refractivity contribution >= 4 is 5.82 Å². The number of rotatable bonds is 4. The Kier molecular flexibility index (Phi) is 4.13. The second-order valence-electron chi connectivity index (χ2n) is 5.12. The standard InChI is InChI=1S/C14H24N3/c1-2-17(14-5-3-4-10-16-14)11-7-13(6-9-15)8-12-17/h3-5,10,13H,2,6-9,11-12,15H2,1H3/q+1. The Morgan fingerprint density at radius 1 is 1.35 bits per heavy atom. The third-order valence-corrected chi connectivity index (χ3v) is 4.25. The molecule has 2 heterocycles. The number of nitrogens with two attached hydrogens (primary N) is 1. The Hall–Kier alpha value is -0.930. The van der Waals surface area contributed by atoms with Gasteiger partial charge in [-0.3, -0.25) is 4.48 Å². The molecule has 2 rings (SSSR count). The van der Waals surface area contributed by atoms with Gasteiger partial charge in [-0.25, -0.2) is 4.98 Å². The van der Waals surface area contributed by atoms with E-state index < -0.39 is 0 Å². The molecule has 1 aliphatic heterocycles. The van der Waals surface area contributed by atoms with Crippen molar-refractivity contribution in [3.8, 4) is 0 Å². The van der Waals surface area contributed by atoms with E-state index in [1.165, 1.54) is 38.2 Å². The Labute approximate surface area is 104 Å². The van der Waals surface area contributed by atoms with Gasteiger partial charge in [0.2, 0.25) is 5.82 Å². The number of quaternary nitrogens is 1. The molecule has 2 N–H and O–H groups in total. The zero-order valence-corrected chi connectivity index (χ0v) is 10.8. The lowest BCUT2D eigenvalue weighted by molar-refractivity contribution is 0.185. The summed E-state index contributed by atoms with van der Waals surface area (Å²) in [5.74, 6) is 2.07. The minimum Gasteiger partial charge on any atom is -0.330 e. The second-order valence-corrected chi connectivity index (χ2v) is 5.12. The van der Waals surface area contributed by atoms with E-state index in [0.29, 0.717) is 0 Å². The Balaban J connectivity index is 2.08. The SMILES string of the molecule is CC[N+]1(c2ccccn2)CCC(CCN)CC1. The fraction of sp³-hybridized carbons (Fsp3) is 0.643. The van der Waals surface area contributed by atoms with Gasteiger partial charge in [0.1, 0.15) is 0 Å². The van der Waals surface area contributed by atoms with Gasteiger partial charge in [-0.2, -0.15) is 0 Å². The summed E-state index contributed by atoms with van der Waals surface area (Å²) in [6.07, 6.45) is 5.69. The number of likely N-dealkylation sites (tertiary alicyclic amines) is 1. The van der Waals surface area contributed by atoms with Crippen molar-refractivity contribution in [2.24, 2.45) is 11.7 Å². The highest BCUT2D eigenvalue weighted by Crippen LogP contribution is 2.30. The van der Waals surface area contributed by atoms with Crippen LogP contribution in [0.15, 0.2) is 24.4 Å². The first-order chi connectivity index (χ1) is 8.30. The monoisotopic (exact) mass is 234 g/mol. The van der Waals surface area contributed by atoms with Crippen LogP contribution in [0.3, 0.4) is 0 Å². The molecule has 0 saturated carbocycles. The van der Waals surface area contributed by atoms with Gasteiger partial charge in [0.25, 0.3) is 0 Å². The quantitative estimate of drug-likeness (QED) is 0.811. The van der Waals surface area contributed by atoms with Crippen LogP contribution < -0.4 is 10.2 Å². The molecule has 0 amide bonds. The van der Waals surface area contributed by atoms with Crippen molar-refractivity contribution in [2.75, 3.05) is 26.2 Å². The minimum atomic E-state index is 0.834. The Morgan fingerprint density at radius 2 is 2.12 bits per heavy atom. The molecule has 0 bridgehead atoms. The molecule has 17 heavy (non-hydrogen) atoms. The summed E-state index contributed by atoms with van der Waals surface area (Å²) < 4.78 is 1.06. The molecule has 0 aliphatic carbocycles. The Morgan fingerprint density at radius 3 is 2.65 bits per heavy atom. The van der Waals surface area contributed by atoms with E-state index in [2.05, 4.69) is 24.0 Å². The van der Waals surface area contributed by atoms with Crippen molar-refractivity contribution in [3.63, 3.8) is 0 Å². The van der Waals surface area contributed by atoms with E-state index in [9.17, 15) is 0 Å². The van der Waals surface area contributed by atoms with Gasteiger partial charge in [0, 0.05) is 25.1 Å². The summed E-state index contributed by atoms with van der Waals surface area (Å²) in [6.45, 7) is 6.70. The highest BCUT2D eigenvalue weighted by Gasteiger charge is 2.35. The number of nitrogens with zero attached hydrogens (tertiary/aromatic N) is 2. The van der Waals surface area contributed by atoms with Crippen molar-refractivity contribution in [1.82, 2.24) is 9.47 Å². The molecule has 1 saturated heterocycles. The van der Waals surface area contributed by atoms with E-state index in [1.807, 2.05) is 12.3 Å².